The third kappa shape index (κ3) is 4.29. The molecule has 3 N–H and O–H groups in total. The highest BCUT2D eigenvalue weighted by molar-refractivity contribution is 5.88. The summed E-state index contributed by atoms with van der Waals surface area (Å²) < 4.78 is 5.44. The molecule has 2 aliphatic rings. The second kappa shape index (κ2) is 7.81. The van der Waals surface area contributed by atoms with Crippen LogP contribution in [0.2, 0.25) is 0 Å². The van der Waals surface area contributed by atoms with E-state index in [1.54, 1.807) is 12.1 Å². The Labute approximate surface area is 164 Å². The van der Waals surface area contributed by atoms with Crippen LogP contribution in [0.25, 0.3) is 0 Å². The van der Waals surface area contributed by atoms with Crippen molar-refractivity contribution in [1.82, 2.24) is 10.9 Å². The van der Waals surface area contributed by atoms with E-state index in [9.17, 15) is 19.5 Å². The summed E-state index contributed by atoms with van der Waals surface area (Å²) in [6, 6.07) is 7.52. The first-order valence-electron chi connectivity index (χ1n) is 9.71. The molecule has 0 aromatic heterocycles. The Hall–Kier alpha value is -2.57. The van der Waals surface area contributed by atoms with E-state index in [1.807, 2.05) is 12.1 Å². The average Bonchev–Trinajstić information content (AvgIpc) is 3.25. The second-order valence-electron chi connectivity index (χ2n) is 8.82. The summed E-state index contributed by atoms with van der Waals surface area (Å²) in [7, 11) is 0. The number of hydrazine groups is 1. The van der Waals surface area contributed by atoms with Crippen LogP contribution in [0, 0.1) is 23.7 Å². The number of ether oxygens (including phenoxy) is 1. The number of hydrogen-bond acceptors (Lipinski definition) is 4. The van der Waals surface area contributed by atoms with Gasteiger partial charge in [-0.2, -0.15) is 0 Å². The zero-order chi connectivity index (χ0) is 20.5. The maximum atomic E-state index is 12.4. The number of rotatable bonds is 5. The zero-order valence-electron chi connectivity index (χ0n) is 16.5. The average molecular weight is 388 g/mol. The van der Waals surface area contributed by atoms with E-state index >= 15 is 0 Å². The smallest absolute Gasteiger partial charge is 0.307 e. The summed E-state index contributed by atoms with van der Waals surface area (Å²) in [5.74, 6) is -2.38. The largest absolute Gasteiger partial charge is 0.484 e. The summed E-state index contributed by atoms with van der Waals surface area (Å²) in [6.07, 6.45) is 2.50. The fraction of sp³-hybridized carbons (Fsp3) is 0.571. The van der Waals surface area contributed by atoms with Crippen molar-refractivity contribution in [2.45, 2.75) is 45.4 Å². The van der Waals surface area contributed by atoms with Gasteiger partial charge in [0.25, 0.3) is 5.91 Å². The summed E-state index contributed by atoms with van der Waals surface area (Å²) in [5, 5.41) is 9.42. The Kier molecular flexibility index (Phi) is 5.63. The molecule has 4 unspecified atom stereocenters. The molecule has 2 amide bonds. The molecule has 0 spiro atoms. The molecule has 152 valence electrons. The quantitative estimate of drug-likeness (QED) is 0.671. The van der Waals surface area contributed by atoms with Crippen molar-refractivity contribution in [3.05, 3.63) is 29.8 Å². The Morgan fingerprint density at radius 3 is 2.21 bits per heavy atom. The van der Waals surface area contributed by atoms with Crippen LogP contribution in [0.4, 0.5) is 0 Å². The molecule has 0 heterocycles. The zero-order valence-corrected chi connectivity index (χ0v) is 16.5. The minimum Gasteiger partial charge on any atom is -0.484 e. The van der Waals surface area contributed by atoms with E-state index in [-0.39, 0.29) is 23.9 Å². The van der Waals surface area contributed by atoms with E-state index in [2.05, 4.69) is 31.6 Å². The highest BCUT2D eigenvalue weighted by Crippen LogP contribution is 2.52. The van der Waals surface area contributed by atoms with Crippen LogP contribution in [-0.2, 0) is 19.8 Å². The number of aliphatic carboxylic acids is 1. The van der Waals surface area contributed by atoms with Gasteiger partial charge in [0.1, 0.15) is 5.75 Å². The molecule has 28 heavy (non-hydrogen) atoms. The summed E-state index contributed by atoms with van der Waals surface area (Å²) in [5.41, 5.74) is 5.90. The Bertz CT molecular complexity index is 753. The molecule has 0 saturated heterocycles. The van der Waals surface area contributed by atoms with Crippen molar-refractivity contribution in [3.63, 3.8) is 0 Å². The summed E-state index contributed by atoms with van der Waals surface area (Å²) in [6.45, 7) is 6.10. The molecular formula is C21H28N2O5. The molecule has 2 fully saturated rings. The molecule has 2 aliphatic carbocycles. The number of carboxylic acid groups (broad SMARTS) is 1. The maximum Gasteiger partial charge on any atom is 0.307 e. The highest BCUT2D eigenvalue weighted by atomic mass is 16.5. The van der Waals surface area contributed by atoms with Crippen LogP contribution in [0.15, 0.2) is 24.3 Å². The van der Waals surface area contributed by atoms with E-state index in [0.717, 1.165) is 24.8 Å². The SMILES string of the molecule is CC(C)(C)c1ccc(OCC(=O)NNC(=O)C2C3CCC(C3)C2C(=O)O)cc1. The van der Waals surface area contributed by atoms with Gasteiger partial charge in [-0.15, -0.1) is 0 Å². The Balaban J connectivity index is 1.47. The van der Waals surface area contributed by atoms with Crippen molar-refractivity contribution in [2.24, 2.45) is 23.7 Å². The first kappa shape index (κ1) is 20.2. The van der Waals surface area contributed by atoms with Crippen molar-refractivity contribution in [3.8, 4) is 5.75 Å². The van der Waals surface area contributed by atoms with Gasteiger partial charge >= 0.3 is 5.97 Å². The fourth-order valence-corrected chi connectivity index (χ4v) is 4.47. The molecule has 2 saturated carbocycles. The summed E-state index contributed by atoms with van der Waals surface area (Å²) in [4.78, 5) is 35.9. The van der Waals surface area contributed by atoms with Gasteiger partial charge in [0, 0.05) is 0 Å². The predicted octanol–water partition coefficient (Wildman–Crippen LogP) is 2.26. The van der Waals surface area contributed by atoms with Crippen LogP contribution in [0.5, 0.6) is 5.75 Å². The van der Waals surface area contributed by atoms with Gasteiger partial charge in [0.15, 0.2) is 6.61 Å². The normalized spacial score (nSPS) is 26.0. The van der Waals surface area contributed by atoms with E-state index < -0.39 is 29.6 Å². The number of fused-ring (bicyclic) bond motifs is 2. The third-order valence-corrected chi connectivity index (χ3v) is 5.92. The monoisotopic (exact) mass is 388 g/mol. The fourth-order valence-electron chi connectivity index (χ4n) is 4.47. The first-order chi connectivity index (χ1) is 13.2. The molecule has 7 nitrogen and oxygen atoms in total. The van der Waals surface area contributed by atoms with Gasteiger partial charge in [-0.25, -0.2) is 0 Å². The first-order valence-corrected chi connectivity index (χ1v) is 9.71. The number of carbonyl (C=O) groups excluding carboxylic acids is 2. The second-order valence-corrected chi connectivity index (χ2v) is 8.82. The minimum absolute atomic E-state index is 0.0354. The Morgan fingerprint density at radius 2 is 1.64 bits per heavy atom. The summed E-state index contributed by atoms with van der Waals surface area (Å²) >= 11 is 0. The van der Waals surface area contributed by atoms with Gasteiger partial charge in [0.05, 0.1) is 11.8 Å². The van der Waals surface area contributed by atoms with Crippen molar-refractivity contribution in [1.29, 1.82) is 0 Å². The van der Waals surface area contributed by atoms with Gasteiger partial charge in [-0.05, 0) is 54.2 Å². The number of carboxylic acids is 1. The highest BCUT2D eigenvalue weighted by Gasteiger charge is 2.54. The van der Waals surface area contributed by atoms with Crippen LogP contribution in [0.1, 0.15) is 45.6 Å². The lowest BCUT2D eigenvalue weighted by molar-refractivity contribution is -0.150. The molecule has 0 aliphatic heterocycles. The number of amides is 2. The standard InChI is InChI=1S/C21H28N2O5/c1-21(2,3)14-6-8-15(9-7-14)28-11-16(24)22-23-19(25)17-12-4-5-13(10-12)18(17)20(26)27/h6-9,12-13,17-18H,4-5,10-11H2,1-3H3,(H,22,24)(H,23,25)(H,26,27). The molecule has 2 bridgehead atoms. The topological polar surface area (TPSA) is 105 Å². The van der Waals surface area contributed by atoms with E-state index in [0.29, 0.717) is 5.75 Å². The van der Waals surface area contributed by atoms with Crippen molar-refractivity contribution in [2.75, 3.05) is 6.61 Å². The van der Waals surface area contributed by atoms with Gasteiger partial charge < -0.3 is 9.84 Å². The van der Waals surface area contributed by atoms with Crippen LogP contribution in [0.3, 0.4) is 0 Å². The lowest BCUT2D eigenvalue weighted by Gasteiger charge is -2.26. The van der Waals surface area contributed by atoms with Crippen LogP contribution in [-0.4, -0.2) is 29.5 Å². The molecule has 7 heteroatoms. The van der Waals surface area contributed by atoms with Gasteiger partial charge in [-0.1, -0.05) is 32.9 Å². The predicted molar refractivity (Wildman–Crippen MR) is 102 cm³/mol. The lowest BCUT2D eigenvalue weighted by atomic mass is 9.79. The molecule has 0 radical (unpaired) electrons. The van der Waals surface area contributed by atoms with Gasteiger partial charge in [0.2, 0.25) is 5.91 Å². The van der Waals surface area contributed by atoms with Crippen LogP contribution < -0.4 is 15.6 Å². The Morgan fingerprint density at radius 1 is 1.04 bits per heavy atom. The molecule has 4 atom stereocenters. The number of carbonyl (C=O) groups is 3. The van der Waals surface area contributed by atoms with Crippen molar-refractivity contribution >= 4 is 17.8 Å². The number of benzene rings is 1. The number of hydrogen-bond donors (Lipinski definition) is 3. The molecular weight excluding hydrogens is 360 g/mol. The maximum absolute atomic E-state index is 12.4. The number of nitrogens with one attached hydrogen (secondary N) is 2. The lowest BCUT2D eigenvalue weighted by Crippen LogP contribution is -2.49. The molecule has 3 rings (SSSR count). The van der Waals surface area contributed by atoms with Crippen LogP contribution >= 0.6 is 0 Å². The van der Waals surface area contributed by atoms with E-state index in [1.165, 1.54) is 0 Å². The molecule has 1 aromatic carbocycles. The van der Waals surface area contributed by atoms with Gasteiger partial charge in [-0.3, -0.25) is 25.2 Å². The van der Waals surface area contributed by atoms with Crippen molar-refractivity contribution < 1.29 is 24.2 Å². The third-order valence-electron chi connectivity index (χ3n) is 5.92. The minimum atomic E-state index is -0.930. The molecule has 1 aromatic rings. The van der Waals surface area contributed by atoms with E-state index in [4.69, 9.17) is 4.74 Å².